The van der Waals surface area contributed by atoms with Gasteiger partial charge >= 0.3 is 5.97 Å². The summed E-state index contributed by atoms with van der Waals surface area (Å²) in [6.07, 6.45) is 1.71. The number of hydrogen-bond acceptors (Lipinski definition) is 5. The number of carbonyl (C=O) groups is 1. The summed E-state index contributed by atoms with van der Waals surface area (Å²) in [5, 5.41) is 14.4. The Morgan fingerprint density at radius 3 is 2.59 bits per heavy atom. The number of aromatic nitrogens is 3. The van der Waals surface area contributed by atoms with Gasteiger partial charge in [0, 0.05) is 23.7 Å². The lowest BCUT2D eigenvalue weighted by Gasteiger charge is -2.18. The summed E-state index contributed by atoms with van der Waals surface area (Å²) in [6.45, 7) is 2.63. The molecule has 0 aliphatic rings. The first kappa shape index (κ1) is 20.7. The normalized spacial score (nSPS) is 12.0. The molecule has 27 heavy (non-hydrogen) atoms. The summed E-state index contributed by atoms with van der Waals surface area (Å²) < 4.78 is 7.32. The molecule has 1 atom stereocenters. The predicted octanol–water partition coefficient (Wildman–Crippen LogP) is 2.93. The average Bonchev–Trinajstić information content (AvgIpc) is 2.93. The second kappa shape index (κ2) is 8.83. The monoisotopic (exact) mass is 390 g/mol. The third-order valence-electron chi connectivity index (χ3n) is 3.88. The van der Waals surface area contributed by atoms with Gasteiger partial charge in [0.05, 0.1) is 0 Å². The number of pyridine rings is 1. The third kappa shape index (κ3) is 4.96. The molecular formula is C19H23ClN4O3. The largest absolute Gasteiger partial charge is 0.489 e. The van der Waals surface area contributed by atoms with Gasteiger partial charge in [-0.05, 0) is 57.4 Å². The van der Waals surface area contributed by atoms with Crippen molar-refractivity contribution < 1.29 is 14.6 Å². The number of rotatable bonds is 7. The van der Waals surface area contributed by atoms with Crippen LogP contribution in [0.25, 0.3) is 22.3 Å². The van der Waals surface area contributed by atoms with E-state index in [0.29, 0.717) is 11.3 Å². The first-order chi connectivity index (χ1) is 12.4. The zero-order valence-corrected chi connectivity index (χ0v) is 16.3. The van der Waals surface area contributed by atoms with Gasteiger partial charge in [-0.2, -0.15) is 5.10 Å². The van der Waals surface area contributed by atoms with Crippen molar-refractivity contribution >= 4 is 29.4 Å². The minimum atomic E-state index is -0.953. The van der Waals surface area contributed by atoms with E-state index in [9.17, 15) is 4.79 Å². The molecule has 1 unspecified atom stereocenters. The summed E-state index contributed by atoms with van der Waals surface area (Å²) in [7, 11) is 4.02. The molecule has 8 heteroatoms. The van der Waals surface area contributed by atoms with Crippen molar-refractivity contribution in [3.63, 3.8) is 0 Å². The molecule has 0 spiro atoms. The number of nitrogens with zero attached hydrogens (tertiary/aromatic N) is 4. The van der Waals surface area contributed by atoms with Crippen molar-refractivity contribution in [3.8, 4) is 17.0 Å². The minimum Gasteiger partial charge on any atom is -0.489 e. The van der Waals surface area contributed by atoms with E-state index in [0.717, 1.165) is 23.2 Å². The zero-order chi connectivity index (χ0) is 18.7. The fraction of sp³-hybridized carbons (Fsp3) is 0.316. The summed E-state index contributed by atoms with van der Waals surface area (Å²) in [4.78, 5) is 17.4. The highest BCUT2D eigenvalue weighted by molar-refractivity contribution is 5.91. The van der Waals surface area contributed by atoms with Gasteiger partial charge in [0.1, 0.15) is 24.1 Å². The van der Waals surface area contributed by atoms with E-state index in [4.69, 9.17) is 9.84 Å². The van der Waals surface area contributed by atoms with Gasteiger partial charge in [-0.15, -0.1) is 12.4 Å². The van der Waals surface area contributed by atoms with Crippen LogP contribution in [-0.4, -0.2) is 57.5 Å². The quantitative estimate of drug-likeness (QED) is 0.668. The number of carboxylic acids is 1. The second-order valence-corrected chi connectivity index (χ2v) is 6.49. The maximum atomic E-state index is 11.1. The van der Waals surface area contributed by atoms with Crippen molar-refractivity contribution in [1.82, 2.24) is 19.7 Å². The van der Waals surface area contributed by atoms with E-state index in [1.165, 1.54) is 4.68 Å². The van der Waals surface area contributed by atoms with E-state index < -0.39 is 5.97 Å². The maximum absolute atomic E-state index is 11.1. The van der Waals surface area contributed by atoms with Gasteiger partial charge in [-0.3, -0.25) is 4.79 Å². The van der Waals surface area contributed by atoms with Crippen molar-refractivity contribution in [2.45, 2.75) is 19.6 Å². The van der Waals surface area contributed by atoms with E-state index >= 15 is 0 Å². The summed E-state index contributed by atoms with van der Waals surface area (Å²) in [6, 6.07) is 11.4. The van der Waals surface area contributed by atoms with Crippen LogP contribution >= 0.6 is 12.4 Å². The second-order valence-electron chi connectivity index (χ2n) is 6.49. The first-order valence-corrected chi connectivity index (χ1v) is 8.39. The number of benzene rings is 1. The lowest BCUT2D eigenvalue weighted by Crippen LogP contribution is -2.27. The lowest BCUT2D eigenvalue weighted by molar-refractivity contribution is -0.137. The van der Waals surface area contributed by atoms with Gasteiger partial charge in [-0.1, -0.05) is 0 Å². The van der Waals surface area contributed by atoms with Crippen molar-refractivity contribution in [2.75, 3.05) is 20.6 Å². The van der Waals surface area contributed by atoms with Gasteiger partial charge in [0.15, 0.2) is 5.65 Å². The summed E-state index contributed by atoms with van der Waals surface area (Å²) in [5.41, 5.74) is 2.16. The molecular weight excluding hydrogens is 368 g/mol. The molecule has 7 nitrogen and oxygen atoms in total. The first-order valence-electron chi connectivity index (χ1n) is 8.39. The van der Waals surface area contributed by atoms with Crippen LogP contribution < -0.4 is 4.74 Å². The molecule has 0 aliphatic heterocycles. The lowest BCUT2D eigenvalue weighted by atomic mass is 10.1. The van der Waals surface area contributed by atoms with Crippen LogP contribution in [-0.2, 0) is 11.3 Å². The van der Waals surface area contributed by atoms with Crippen molar-refractivity contribution in [2.24, 2.45) is 0 Å². The SMILES string of the molecule is CC(CN(C)C)Oc1ccc(-c2nn(CC(=O)O)c3ncccc23)cc1.Cl. The smallest absolute Gasteiger partial charge is 0.325 e. The molecule has 144 valence electrons. The number of halogens is 1. The van der Waals surface area contributed by atoms with Crippen LogP contribution in [0.5, 0.6) is 5.75 Å². The Morgan fingerprint density at radius 2 is 1.96 bits per heavy atom. The van der Waals surface area contributed by atoms with Crippen LogP contribution in [0.3, 0.4) is 0 Å². The Balaban J connectivity index is 0.00000261. The fourth-order valence-electron chi connectivity index (χ4n) is 2.94. The van der Waals surface area contributed by atoms with Gasteiger partial charge in [-0.25, -0.2) is 9.67 Å². The number of aliphatic carboxylic acids is 1. The maximum Gasteiger partial charge on any atom is 0.325 e. The van der Waals surface area contributed by atoms with Gasteiger partial charge < -0.3 is 14.7 Å². The predicted molar refractivity (Wildman–Crippen MR) is 106 cm³/mol. The fourth-order valence-corrected chi connectivity index (χ4v) is 2.94. The molecule has 0 radical (unpaired) electrons. The van der Waals surface area contributed by atoms with E-state index in [2.05, 4.69) is 15.0 Å². The summed E-state index contributed by atoms with van der Waals surface area (Å²) in [5.74, 6) is -0.166. The Labute approximate surface area is 164 Å². The topological polar surface area (TPSA) is 80.5 Å². The molecule has 2 aromatic heterocycles. The van der Waals surface area contributed by atoms with E-state index in [1.54, 1.807) is 6.20 Å². The van der Waals surface area contributed by atoms with Crippen LogP contribution in [0.4, 0.5) is 0 Å². The molecule has 0 fully saturated rings. The number of carboxylic acid groups (broad SMARTS) is 1. The van der Waals surface area contributed by atoms with Gasteiger partial charge in [0.2, 0.25) is 0 Å². The van der Waals surface area contributed by atoms with E-state index in [-0.39, 0.29) is 25.1 Å². The molecule has 1 N–H and O–H groups in total. The Morgan fingerprint density at radius 1 is 1.26 bits per heavy atom. The zero-order valence-electron chi connectivity index (χ0n) is 15.5. The Kier molecular flexibility index (Phi) is 6.76. The van der Waals surface area contributed by atoms with Crippen LogP contribution in [0.1, 0.15) is 6.92 Å². The molecule has 3 rings (SSSR count). The Hall–Kier alpha value is -2.64. The van der Waals surface area contributed by atoms with Crippen molar-refractivity contribution in [1.29, 1.82) is 0 Å². The molecule has 3 aromatic rings. The van der Waals surface area contributed by atoms with Crippen LogP contribution in [0.15, 0.2) is 42.6 Å². The molecule has 0 saturated carbocycles. The summed E-state index contributed by atoms with van der Waals surface area (Å²) >= 11 is 0. The third-order valence-corrected chi connectivity index (χ3v) is 3.88. The molecule has 0 bridgehead atoms. The number of ether oxygens (including phenoxy) is 1. The highest BCUT2D eigenvalue weighted by atomic mass is 35.5. The molecule has 0 amide bonds. The molecule has 1 aromatic carbocycles. The highest BCUT2D eigenvalue weighted by Crippen LogP contribution is 2.28. The number of likely N-dealkylation sites (N-methyl/N-ethyl adjacent to an activating group) is 1. The molecule has 0 aliphatic carbocycles. The molecule has 2 heterocycles. The Bertz CT molecular complexity index is 909. The van der Waals surface area contributed by atoms with Crippen molar-refractivity contribution in [3.05, 3.63) is 42.6 Å². The van der Waals surface area contributed by atoms with Gasteiger partial charge in [0.25, 0.3) is 0 Å². The molecule has 0 saturated heterocycles. The van der Waals surface area contributed by atoms with E-state index in [1.807, 2.05) is 57.4 Å². The van der Waals surface area contributed by atoms with Crippen LogP contribution in [0, 0.1) is 0 Å². The standard InChI is InChI=1S/C19H22N4O3.ClH/c1-13(11-22(2)3)26-15-8-6-14(7-9-15)18-16-5-4-10-20-19(16)23(21-18)12-17(24)25;/h4-10,13H,11-12H2,1-3H3,(H,24,25);1H. The highest BCUT2D eigenvalue weighted by Gasteiger charge is 2.15. The number of hydrogen-bond donors (Lipinski definition) is 1. The number of fused-ring (bicyclic) bond motifs is 1. The van der Waals surface area contributed by atoms with Crippen LogP contribution in [0.2, 0.25) is 0 Å². The minimum absolute atomic E-state index is 0. The average molecular weight is 391 g/mol.